The van der Waals surface area contributed by atoms with E-state index in [4.69, 9.17) is 0 Å². The highest BCUT2D eigenvalue weighted by molar-refractivity contribution is 7.98. The van der Waals surface area contributed by atoms with Crippen molar-refractivity contribution in [1.29, 1.82) is 0 Å². The molecule has 0 radical (unpaired) electrons. The lowest BCUT2D eigenvalue weighted by Gasteiger charge is -2.05. The summed E-state index contributed by atoms with van der Waals surface area (Å²) in [6, 6.07) is 5.89. The van der Waals surface area contributed by atoms with Crippen molar-refractivity contribution in [2.24, 2.45) is 0 Å². The van der Waals surface area contributed by atoms with E-state index in [0.717, 1.165) is 17.4 Å². The first kappa shape index (κ1) is 10.9. The predicted molar refractivity (Wildman–Crippen MR) is 65.4 cm³/mol. The van der Waals surface area contributed by atoms with Crippen LogP contribution >= 0.6 is 11.8 Å². The van der Waals surface area contributed by atoms with Crippen LogP contribution in [0.1, 0.15) is 5.56 Å². The average molecular weight is 232 g/mol. The number of hydrogen-bond donors (Lipinski definition) is 1. The largest absolute Gasteiger partial charge is 0.366 e. The van der Waals surface area contributed by atoms with E-state index >= 15 is 0 Å². The molecule has 0 fully saturated rings. The second-order valence-corrected chi connectivity index (χ2v) is 3.98. The van der Waals surface area contributed by atoms with Crippen molar-refractivity contribution in [3.63, 3.8) is 0 Å². The number of nitrogens with one attached hydrogen (secondary N) is 1. The van der Waals surface area contributed by atoms with Crippen LogP contribution in [0.3, 0.4) is 0 Å². The molecule has 2 aromatic heterocycles. The summed E-state index contributed by atoms with van der Waals surface area (Å²) in [5, 5.41) is 4.21. The van der Waals surface area contributed by atoms with Crippen molar-refractivity contribution in [2.75, 3.05) is 11.6 Å². The maximum Gasteiger partial charge on any atom is 0.130 e. The molecule has 0 amide bonds. The summed E-state index contributed by atoms with van der Waals surface area (Å²) in [4.78, 5) is 12.2. The van der Waals surface area contributed by atoms with E-state index in [-0.39, 0.29) is 0 Å². The Morgan fingerprint density at radius 2 is 2.06 bits per heavy atom. The van der Waals surface area contributed by atoms with Gasteiger partial charge in [-0.2, -0.15) is 0 Å². The molecule has 2 rings (SSSR count). The molecule has 0 aliphatic rings. The average Bonchev–Trinajstić information content (AvgIpc) is 2.38. The van der Waals surface area contributed by atoms with Gasteiger partial charge >= 0.3 is 0 Å². The summed E-state index contributed by atoms with van der Waals surface area (Å²) in [5.74, 6) is 0.844. The van der Waals surface area contributed by atoms with Crippen LogP contribution in [0.2, 0.25) is 0 Å². The van der Waals surface area contributed by atoms with Crippen LogP contribution < -0.4 is 5.32 Å². The van der Waals surface area contributed by atoms with Crippen LogP contribution in [0.25, 0.3) is 0 Å². The van der Waals surface area contributed by atoms with Crippen LogP contribution in [0.15, 0.2) is 41.9 Å². The maximum absolute atomic E-state index is 4.15. The number of pyridine rings is 1. The Morgan fingerprint density at radius 1 is 1.25 bits per heavy atom. The van der Waals surface area contributed by atoms with Gasteiger partial charge in [0, 0.05) is 25.0 Å². The van der Waals surface area contributed by atoms with E-state index in [1.165, 1.54) is 5.56 Å². The van der Waals surface area contributed by atoms with E-state index in [9.17, 15) is 0 Å². The molecular weight excluding hydrogens is 220 g/mol. The summed E-state index contributed by atoms with van der Waals surface area (Å²) in [6.07, 6.45) is 7.13. The number of aromatic nitrogens is 3. The standard InChI is InChI=1S/C11H12N4S/c1-16-11-6-10(14-8-15-11)13-7-9-2-4-12-5-3-9/h2-6,8H,7H2,1H3,(H,13,14,15). The molecule has 0 aromatic carbocycles. The molecule has 4 nitrogen and oxygen atoms in total. The molecule has 0 saturated carbocycles. The lowest BCUT2D eigenvalue weighted by atomic mass is 10.3. The highest BCUT2D eigenvalue weighted by Gasteiger charge is 1.97. The zero-order chi connectivity index (χ0) is 11.2. The molecule has 0 atom stereocenters. The van der Waals surface area contributed by atoms with Crippen LogP contribution in [-0.4, -0.2) is 21.2 Å². The van der Waals surface area contributed by atoms with Gasteiger partial charge in [0.15, 0.2) is 0 Å². The first-order valence-electron chi connectivity index (χ1n) is 4.87. The van der Waals surface area contributed by atoms with Crippen molar-refractivity contribution in [3.8, 4) is 0 Å². The third kappa shape index (κ3) is 2.93. The summed E-state index contributed by atoms with van der Waals surface area (Å²) < 4.78 is 0. The zero-order valence-electron chi connectivity index (χ0n) is 8.92. The molecule has 0 unspecified atom stereocenters. The van der Waals surface area contributed by atoms with Gasteiger partial charge in [-0.05, 0) is 24.0 Å². The molecule has 2 heterocycles. The molecule has 0 saturated heterocycles. The summed E-state index contributed by atoms with van der Waals surface area (Å²) in [7, 11) is 0. The molecule has 5 heteroatoms. The van der Waals surface area contributed by atoms with Crippen molar-refractivity contribution in [2.45, 2.75) is 11.6 Å². The van der Waals surface area contributed by atoms with Crippen molar-refractivity contribution in [1.82, 2.24) is 15.0 Å². The van der Waals surface area contributed by atoms with Gasteiger partial charge in [-0.25, -0.2) is 9.97 Å². The topological polar surface area (TPSA) is 50.7 Å². The number of thioether (sulfide) groups is 1. The van der Waals surface area contributed by atoms with Gasteiger partial charge in [-0.1, -0.05) is 0 Å². The van der Waals surface area contributed by atoms with Gasteiger partial charge in [0.2, 0.25) is 0 Å². The Bertz CT molecular complexity index is 447. The van der Waals surface area contributed by atoms with Gasteiger partial charge < -0.3 is 5.32 Å². The van der Waals surface area contributed by atoms with Crippen LogP contribution in [0.5, 0.6) is 0 Å². The molecule has 0 aliphatic heterocycles. The fourth-order valence-electron chi connectivity index (χ4n) is 1.24. The van der Waals surface area contributed by atoms with Gasteiger partial charge in [0.1, 0.15) is 17.2 Å². The van der Waals surface area contributed by atoms with E-state index in [2.05, 4.69) is 20.3 Å². The predicted octanol–water partition coefficient (Wildman–Crippen LogP) is 2.21. The highest BCUT2D eigenvalue weighted by atomic mass is 32.2. The second-order valence-electron chi connectivity index (χ2n) is 3.15. The number of rotatable bonds is 4. The molecule has 0 spiro atoms. The van der Waals surface area contributed by atoms with Gasteiger partial charge in [-0.15, -0.1) is 11.8 Å². The number of hydrogen-bond acceptors (Lipinski definition) is 5. The minimum absolute atomic E-state index is 0.743. The first-order chi connectivity index (χ1) is 7.88. The van der Waals surface area contributed by atoms with E-state index in [0.29, 0.717) is 0 Å². The zero-order valence-corrected chi connectivity index (χ0v) is 9.74. The minimum Gasteiger partial charge on any atom is -0.366 e. The first-order valence-corrected chi connectivity index (χ1v) is 6.10. The maximum atomic E-state index is 4.15. The Labute approximate surface area is 98.6 Å². The van der Waals surface area contributed by atoms with Crippen molar-refractivity contribution < 1.29 is 0 Å². The normalized spacial score (nSPS) is 10.1. The van der Waals surface area contributed by atoms with Crippen molar-refractivity contribution in [3.05, 3.63) is 42.5 Å². The quantitative estimate of drug-likeness (QED) is 0.647. The third-order valence-electron chi connectivity index (χ3n) is 2.07. The number of anilines is 1. The third-order valence-corrected chi connectivity index (χ3v) is 2.72. The van der Waals surface area contributed by atoms with Crippen LogP contribution in [0, 0.1) is 0 Å². The number of nitrogens with zero attached hydrogens (tertiary/aromatic N) is 3. The van der Waals surface area contributed by atoms with Crippen LogP contribution in [0.4, 0.5) is 5.82 Å². The highest BCUT2D eigenvalue weighted by Crippen LogP contribution is 2.14. The lowest BCUT2D eigenvalue weighted by Crippen LogP contribution is -2.01. The summed E-state index contributed by atoms with van der Waals surface area (Å²) in [5.41, 5.74) is 1.18. The Hall–Kier alpha value is -1.62. The van der Waals surface area contributed by atoms with Crippen LogP contribution in [-0.2, 0) is 6.54 Å². The molecule has 82 valence electrons. The molecule has 16 heavy (non-hydrogen) atoms. The molecule has 1 N–H and O–H groups in total. The van der Waals surface area contributed by atoms with E-state index in [1.54, 1.807) is 30.5 Å². The molecular formula is C11H12N4S. The Balaban J connectivity index is 1.99. The minimum atomic E-state index is 0.743. The molecule has 0 bridgehead atoms. The molecule has 2 aromatic rings. The summed E-state index contributed by atoms with van der Waals surface area (Å²) in [6.45, 7) is 0.743. The Morgan fingerprint density at radius 3 is 2.81 bits per heavy atom. The van der Waals surface area contributed by atoms with E-state index in [1.807, 2.05) is 24.5 Å². The Kier molecular flexibility index (Phi) is 3.71. The van der Waals surface area contributed by atoms with Gasteiger partial charge in [0.05, 0.1) is 0 Å². The smallest absolute Gasteiger partial charge is 0.130 e. The second kappa shape index (κ2) is 5.46. The van der Waals surface area contributed by atoms with Gasteiger partial charge in [-0.3, -0.25) is 4.98 Å². The lowest BCUT2D eigenvalue weighted by molar-refractivity contribution is 1.02. The fraction of sp³-hybridized carbons (Fsp3) is 0.182. The van der Waals surface area contributed by atoms with Gasteiger partial charge in [0.25, 0.3) is 0 Å². The fourth-order valence-corrected chi connectivity index (χ4v) is 1.62. The summed E-state index contributed by atoms with van der Waals surface area (Å²) >= 11 is 1.60. The molecule has 0 aliphatic carbocycles. The van der Waals surface area contributed by atoms with E-state index < -0.39 is 0 Å². The van der Waals surface area contributed by atoms with Crippen molar-refractivity contribution >= 4 is 17.6 Å². The monoisotopic (exact) mass is 232 g/mol. The SMILES string of the molecule is CSc1cc(NCc2ccncc2)ncn1.